The predicted octanol–water partition coefficient (Wildman–Crippen LogP) is -1.41. The van der Waals surface area contributed by atoms with Gasteiger partial charge in [0, 0.05) is 87.1 Å². The number of H-pyrrole nitrogens is 1. The summed E-state index contributed by atoms with van der Waals surface area (Å²) in [7, 11) is 1.90. The highest BCUT2D eigenvalue weighted by Crippen LogP contribution is 2.26. The fraction of sp³-hybridized carbons (Fsp3) is 0.477. The summed E-state index contributed by atoms with van der Waals surface area (Å²) in [5.41, 5.74) is 8.40. The molecule has 5 aromatic rings. The van der Waals surface area contributed by atoms with Gasteiger partial charge in [0.2, 0.25) is 47.3 Å². The number of rotatable bonds is 24. The second-order valence-corrected chi connectivity index (χ2v) is 26.3. The van der Waals surface area contributed by atoms with Crippen LogP contribution in [0.15, 0.2) is 103 Å². The lowest BCUT2D eigenvalue weighted by atomic mass is 9.97. The molecule has 30 heteroatoms. The average Bonchev–Trinajstić information content (AvgIpc) is 1.66. The highest BCUT2D eigenvalue weighted by molar-refractivity contribution is 8.76. The Kier molecular flexibility index (Phi) is 29.0. The van der Waals surface area contributed by atoms with Crippen LogP contribution in [0.1, 0.15) is 49.8 Å². The van der Waals surface area contributed by atoms with Crippen molar-refractivity contribution in [2.24, 2.45) is 5.73 Å². The number of carbonyl (C=O) groups is 10. The van der Waals surface area contributed by atoms with E-state index in [-0.39, 0.29) is 103 Å². The predicted molar refractivity (Wildman–Crippen MR) is 358 cm³/mol. The molecule has 7 rings (SSSR count). The number of nitrogens with one attached hydrogen (secondary N) is 9. The maximum absolute atomic E-state index is 15.4. The van der Waals surface area contributed by atoms with Crippen LogP contribution in [0, 0.1) is 0 Å². The van der Waals surface area contributed by atoms with Crippen LogP contribution < -0.4 is 48.3 Å². The summed E-state index contributed by atoms with van der Waals surface area (Å²) in [5, 5.41) is 75.0. The molecule has 2 aliphatic rings. The van der Waals surface area contributed by atoms with Gasteiger partial charge in [-0.3, -0.25) is 62.6 Å². The molecule has 0 spiro atoms. The van der Waals surface area contributed by atoms with Crippen LogP contribution in [0.4, 0.5) is 0 Å². The van der Waals surface area contributed by atoms with Crippen molar-refractivity contribution in [2.75, 3.05) is 83.6 Å². The van der Waals surface area contributed by atoms with E-state index in [1.807, 2.05) is 48.5 Å². The minimum absolute atomic E-state index is 0.0251. The minimum Gasteiger partial charge on any atom is -0.480 e. The van der Waals surface area contributed by atoms with Crippen molar-refractivity contribution < 1.29 is 73.5 Å². The lowest BCUT2D eigenvalue weighted by Gasteiger charge is -2.29. The number of benzene rings is 4. The molecule has 1 aromatic heterocycles. The van der Waals surface area contributed by atoms with Crippen molar-refractivity contribution in [3.63, 3.8) is 0 Å². The van der Waals surface area contributed by atoms with E-state index >= 15 is 19.2 Å². The van der Waals surface area contributed by atoms with E-state index in [2.05, 4.69) is 47.5 Å². The summed E-state index contributed by atoms with van der Waals surface area (Å²) >= 11 is 0. The van der Waals surface area contributed by atoms with Crippen LogP contribution in [0.2, 0.25) is 0 Å². The molecule has 0 saturated carbocycles. The first-order chi connectivity index (χ1) is 45.6. The van der Waals surface area contributed by atoms with E-state index in [1.54, 1.807) is 69.4 Å². The number of carboxylic acids is 2. The third kappa shape index (κ3) is 23.0. The van der Waals surface area contributed by atoms with E-state index in [9.17, 15) is 54.3 Å². The number of aliphatic carboxylic acids is 2. The Bertz CT molecular complexity index is 3400. The van der Waals surface area contributed by atoms with Crippen molar-refractivity contribution in [1.82, 2.24) is 62.2 Å². The molecule has 514 valence electrons. The van der Waals surface area contributed by atoms with Crippen LogP contribution in [0.3, 0.4) is 0 Å². The summed E-state index contributed by atoms with van der Waals surface area (Å²) < 4.78 is 0. The number of aliphatic hydroxyl groups excluding tert-OH is 3. The number of fused-ring (bicyclic) bond motifs is 2. The van der Waals surface area contributed by atoms with Crippen molar-refractivity contribution in [3.8, 4) is 0 Å². The maximum atomic E-state index is 15.4. The van der Waals surface area contributed by atoms with Gasteiger partial charge in [0.25, 0.3) is 0 Å². The van der Waals surface area contributed by atoms with Crippen molar-refractivity contribution in [1.29, 1.82) is 0 Å². The number of carboxylic acid groups (broad SMARTS) is 2. The Morgan fingerprint density at radius 3 is 1.79 bits per heavy atom. The molecular weight excluding hydrogens is 1270 g/mol. The molecule has 3 heterocycles. The number of aliphatic hydroxyl groups is 3. The third-order valence-electron chi connectivity index (χ3n) is 16.5. The van der Waals surface area contributed by atoms with Crippen LogP contribution in [-0.2, 0) is 67.2 Å². The van der Waals surface area contributed by atoms with Gasteiger partial charge >= 0.3 is 11.9 Å². The number of nitrogens with zero attached hydrogens (tertiary/aromatic N) is 3. The number of nitrogens with two attached hydrogens (primary N) is 1. The number of para-hydroxylation sites is 1. The number of hydrogen-bond donors (Lipinski definition) is 15. The molecule has 8 amide bonds. The van der Waals surface area contributed by atoms with Crippen LogP contribution in [-0.4, -0.2) is 249 Å². The van der Waals surface area contributed by atoms with Crippen LogP contribution in [0.25, 0.3) is 21.7 Å². The summed E-state index contributed by atoms with van der Waals surface area (Å²) in [6, 6.07) is 17.0. The largest absolute Gasteiger partial charge is 0.480 e. The van der Waals surface area contributed by atoms with Gasteiger partial charge in [-0.05, 0) is 73.2 Å². The summed E-state index contributed by atoms with van der Waals surface area (Å²) in [6.45, 7) is 2.48. The Balaban J connectivity index is 1.29. The number of amides is 8. The lowest BCUT2D eigenvalue weighted by Crippen LogP contribution is -2.62. The first-order valence-corrected chi connectivity index (χ1v) is 34.1. The normalized spacial score (nSPS) is 21.9. The van der Waals surface area contributed by atoms with Crippen molar-refractivity contribution >= 4 is 102 Å². The van der Waals surface area contributed by atoms with Crippen LogP contribution >= 0.6 is 21.6 Å². The molecule has 2 saturated heterocycles. The molecule has 2 fully saturated rings. The number of carbonyl (C=O) groups excluding carboxylic acids is 8. The van der Waals surface area contributed by atoms with E-state index in [4.69, 9.17) is 5.73 Å². The van der Waals surface area contributed by atoms with Gasteiger partial charge < -0.3 is 78.8 Å². The second-order valence-electron chi connectivity index (χ2n) is 23.8. The van der Waals surface area contributed by atoms with Gasteiger partial charge in [0.05, 0.1) is 44.5 Å². The lowest BCUT2D eigenvalue weighted by molar-refractivity contribution is -0.140. The molecular formula is C65H87N13O15S2. The fourth-order valence-electron chi connectivity index (χ4n) is 11.1. The van der Waals surface area contributed by atoms with E-state index in [0.29, 0.717) is 34.9 Å². The smallest absolute Gasteiger partial charge is 0.317 e. The molecule has 2 aliphatic heterocycles. The van der Waals surface area contributed by atoms with Gasteiger partial charge in [-0.1, -0.05) is 113 Å². The van der Waals surface area contributed by atoms with Gasteiger partial charge in [0.15, 0.2) is 0 Å². The molecule has 4 aromatic carbocycles. The fourth-order valence-corrected chi connectivity index (χ4v) is 13.5. The molecule has 0 radical (unpaired) electrons. The average molecular weight is 1350 g/mol. The highest BCUT2D eigenvalue weighted by atomic mass is 33.1. The maximum Gasteiger partial charge on any atom is 0.317 e. The number of unbranched alkanes of at least 4 members (excludes halogenated alkanes) is 1. The van der Waals surface area contributed by atoms with Gasteiger partial charge in [0.1, 0.15) is 42.3 Å². The molecule has 0 aliphatic carbocycles. The van der Waals surface area contributed by atoms with E-state index < -0.39 is 126 Å². The molecule has 28 nitrogen and oxygen atoms in total. The zero-order chi connectivity index (χ0) is 68.6. The molecule has 0 unspecified atom stereocenters. The third-order valence-corrected chi connectivity index (χ3v) is 18.9. The Labute approximate surface area is 557 Å². The first kappa shape index (κ1) is 74.2. The Hall–Kier alpha value is -8.20. The summed E-state index contributed by atoms with van der Waals surface area (Å²) in [4.78, 5) is 150. The molecule has 10 atom stereocenters. The number of aromatic nitrogens is 1. The van der Waals surface area contributed by atoms with Gasteiger partial charge in [-0.2, -0.15) is 0 Å². The van der Waals surface area contributed by atoms with Crippen LogP contribution in [0.5, 0.6) is 0 Å². The second kappa shape index (κ2) is 37.2. The van der Waals surface area contributed by atoms with Gasteiger partial charge in [-0.25, -0.2) is 0 Å². The van der Waals surface area contributed by atoms with Gasteiger partial charge in [-0.15, -0.1) is 0 Å². The monoisotopic (exact) mass is 1350 g/mol. The zero-order valence-electron chi connectivity index (χ0n) is 53.1. The molecule has 0 bridgehead atoms. The highest BCUT2D eigenvalue weighted by Gasteiger charge is 2.37. The topological polar surface area (TPSA) is 420 Å². The Morgan fingerprint density at radius 2 is 1.17 bits per heavy atom. The van der Waals surface area contributed by atoms with E-state index in [0.717, 1.165) is 37.9 Å². The summed E-state index contributed by atoms with van der Waals surface area (Å²) in [5.74, 6) is -9.72. The van der Waals surface area contributed by atoms with E-state index in [1.165, 1.54) is 13.8 Å². The first-order valence-electron chi connectivity index (χ1n) is 31.6. The standard InChI is InChI=1S/C65H87N13O15S2/c1-39(80)52(36-79)72-64(92)54-38-95-94-37-53(73-60(88)49(29-41-13-4-3-5-14-41)68-55(82)33-76-23-25-77(34-56(83)84)27-28-78(26-24-76)35-57(85)86)63(91)71-50(30-43-17-12-16-42-15-6-7-18-45(42)43)62(90)70-51(31-44-32-67-47-20-9-8-19-46(44)47)61(89)69-48(21-10-11-22-66)59(87)75-58(40(2)81)65(93)74-54/h3-9,12-20,32,39-40,48-54,58,67,79-81H,10-11,21-31,33-38,66H2,1-2H3,(H,68,82)(H,69,89)(H,70,90)(H,71,91)(H,72,92)(H,73,88)(H,74,93)(H,75,87)(H,83,84)(H,85,86)/t39-,40-,48+,49-,50+,51+,52-,53+,54+,58+/m1/s1. The zero-order valence-corrected chi connectivity index (χ0v) is 54.7. The molecule has 95 heavy (non-hydrogen) atoms. The quantitative estimate of drug-likeness (QED) is 0.0249. The Morgan fingerprint density at radius 1 is 0.611 bits per heavy atom. The molecule has 16 N–H and O–H groups in total. The minimum atomic E-state index is -1.74. The van der Waals surface area contributed by atoms with Crippen molar-refractivity contribution in [3.05, 3.63) is 120 Å². The van der Waals surface area contributed by atoms with Crippen molar-refractivity contribution in [2.45, 2.75) is 113 Å². The SMILES string of the molecule is C[C@@H](O)[C@@H]1NC(=O)[C@H](CCCCN)NC(=O)[C@H](Cc2c[nH]c3ccccc23)NC(=O)[C@H](Cc2cccc3ccccc23)NC(=O)[C@@H](NC(=O)[C@@H](Cc2ccccc2)NC(=O)CN2CCN(CC(=O)O)CCN(CC(=O)O)CC2)CSSC[C@@H](C(=O)N[C@H](CO)[C@@H](C)O)NC1=O. The number of hydrogen-bond acceptors (Lipinski definition) is 19. The number of aromatic amines is 1. The summed E-state index contributed by atoms with van der Waals surface area (Å²) in [6.07, 6.45) is -0.934.